The maximum absolute atomic E-state index is 13.2. The smallest absolute Gasteiger partial charge is 0.333 e. The summed E-state index contributed by atoms with van der Waals surface area (Å²) in [6.45, 7) is 4.42. The third-order valence-corrected chi connectivity index (χ3v) is 4.60. The van der Waals surface area contributed by atoms with Crippen LogP contribution in [0.15, 0.2) is 58.1 Å². The van der Waals surface area contributed by atoms with E-state index < -0.39 is 12.1 Å². The van der Waals surface area contributed by atoms with E-state index in [1.165, 1.54) is 24.3 Å². The molecule has 0 saturated heterocycles. The summed E-state index contributed by atoms with van der Waals surface area (Å²) in [5, 5.41) is 21.3. The Morgan fingerprint density at radius 2 is 1.85 bits per heavy atom. The predicted molar refractivity (Wildman–Crippen MR) is 121 cm³/mol. The molecule has 0 aliphatic rings. The van der Waals surface area contributed by atoms with Crippen LogP contribution in [0.2, 0.25) is 0 Å². The van der Waals surface area contributed by atoms with E-state index in [-0.39, 0.29) is 30.6 Å². The first-order valence-corrected chi connectivity index (χ1v) is 10.8. The van der Waals surface area contributed by atoms with Crippen LogP contribution in [-0.4, -0.2) is 52.9 Å². The minimum atomic E-state index is -1.00. The maximum atomic E-state index is 13.2. The molecule has 0 amide bonds. The lowest BCUT2D eigenvalue weighted by molar-refractivity contribution is -0.149. The van der Waals surface area contributed by atoms with Gasteiger partial charge in [0.05, 0.1) is 0 Å². The first-order chi connectivity index (χ1) is 16.5. The largest absolute Gasteiger partial charge is 0.487 e. The average molecular weight is 471 g/mol. The lowest BCUT2D eigenvalue weighted by Crippen LogP contribution is -2.26. The number of benzene rings is 2. The van der Waals surface area contributed by atoms with E-state index in [0.29, 0.717) is 30.2 Å². The van der Waals surface area contributed by atoms with Crippen molar-refractivity contribution in [1.82, 2.24) is 10.2 Å². The van der Waals surface area contributed by atoms with E-state index in [2.05, 4.69) is 15.4 Å². The number of carboxylic acid groups (broad SMARTS) is 1. The second kappa shape index (κ2) is 12.4. The zero-order valence-corrected chi connectivity index (χ0v) is 18.9. The summed E-state index contributed by atoms with van der Waals surface area (Å²) in [7, 11) is 0. The number of hydrogen-bond donors (Lipinski definition) is 1. The van der Waals surface area contributed by atoms with Crippen LogP contribution in [0.5, 0.6) is 5.75 Å². The molecule has 0 aliphatic heterocycles. The SMILES string of the molecule is CCCON=C(COc1ccc(CC(OCC)C(=O)O)cc1)c1nnc(-c2ccc(F)cc2)o1. The van der Waals surface area contributed by atoms with Crippen LogP contribution >= 0.6 is 0 Å². The van der Waals surface area contributed by atoms with Gasteiger partial charge >= 0.3 is 5.97 Å². The molecule has 9 nitrogen and oxygen atoms in total. The first kappa shape index (κ1) is 24.8. The van der Waals surface area contributed by atoms with Gasteiger partial charge in [-0.25, -0.2) is 9.18 Å². The summed E-state index contributed by atoms with van der Waals surface area (Å²) in [5.41, 5.74) is 1.66. The number of hydrogen-bond acceptors (Lipinski definition) is 8. The number of rotatable bonds is 13. The van der Waals surface area contributed by atoms with Gasteiger partial charge in [0.15, 0.2) is 11.8 Å². The second-order valence-electron chi connectivity index (χ2n) is 7.21. The zero-order chi connectivity index (χ0) is 24.3. The van der Waals surface area contributed by atoms with Gasteiger partial charge in [0, 0.05) is 18.6 Å². The number of nitrogens with zero attached hydrogens (tertiary/aromatic N) is 3. The summed E-state index contributed by atoms with van der Waals surface area (Å²) in [5.74, 6) is -0.504. The number of carbonyl (C=O) groups is 1. The monoisotopic (exact) mass is 471 g/mol. The molecule has 0 spiro atoms. The van der Waals surface area contributed by atoms with Crippen LogP contribution in [0.25, 0.3) is 11.5 Å². The van der Waals surface area contributed by atoms with E-state index in [4.69, 9.17) is 18.7 Å². The Labute approximate surface area is 196 Å². The van der Waals surface area contributed by atoms with Crippen LogP contribution in [0, 0.1) is 5.82 Å². The van der Waals surface area contributed by atoms with Crippen molar-refractivity contribution in [1.29, 1.82) is 0 Å². The fourth-order valence-electron chi connectivity index (χ4n) is 2.90. The lowest BCUT2D eigenvalue weighted by atomic mass is 10.1. The number of aliphatic carboxylic acids is 1. The van der Waals surface area contributed by atoms with Crippen molar-refractivity contribution in [3.8, 4) is 17.2 Å². The van der Waals surface area contributed by atoms with Gasteiger partial charge in [-0.2, -0.15) is 0 Å². The highest BCUT2D eigenvalue weighted by atomic mass is 19.1. The number of ether oxygens (including phenoxy) is 2. The molecule has 180 valence electrons. The van der Waals surface area contributed by atoms with Crippen molar-refractivity contribution >= 4 is 11.7 Å². The molecular weight excluding hydrogens is 445 g/mol. The highest BCUT2D eigenvalue weighted by molar-refractivity contribution is 5.97. The van der Waals surface area contributed by atoms with Gasteiger partial charge in [0.2, 0.25) is 5.89 Å². The van der Waals surface area contributed by atoms with Crippen molar-refractivity contribution in [2.75, 3.05) is 19.8 Å². The predicted octanol–water partition coefficient (Wildman–Crippen LogP) is 4.12. The van der Waals surface area contributed by atoms with E-state index in [1.54, 1.807) is 31.2 Å². The molecule has 1 heterocycles. The molecule has 10 heteroatoms. The molecule has 2 aromatic carbocycles. The van der Waals surface area contributed by atoms with E-state index in [1.807, 2.05) is 6.92 Å². The molecule has 1 N–H and O–H groups in total. The third-order valence-electron chi connectivity index (χ3n) is 4.60. The molecule has 3 aromatic rings. The molecule has 0 radical (unpaired) electrons. The van der Waals surface area contributed by atoms with Crippen LogP contribution in [-0.2, 0) is 20.8 Å². The quantitative estimate of drug-likeness (QED) is 0.225. The van der Waals surface area contributed by atoms with E-state index in [0.717, 1.165) is 12.0 Å². The van der Waals surface area contributed by atoms with Crippen LogP contribution in [0.3, 0.4) is 0 Å². The molecule has 1 unspecified atom stereocenters. The summed E-state index contributed by atoms with van der Waals surface area (Å²) in [4.78, 5) is 16.6. The molecular formula is C24H26FN3O6. The van der Waals surface area contributed by atoms with Crippen molar-refractivity contribution in [3.05, 3.63) is 65.8 Å². The summed E-state index contributed by atoms with van der Waals surface area (Å²) < 4.78 is 29.9. The molecule has 34 heavy (non-hydrogen) atoms. The van der Waals surface area contributed by atoms with Gasteiger partial charge in [-0.15, -0.1) is 10.2 Å². The topological polar surface area (TPSA) is 116 Å². The van der Waals surface area contributed by atoms with Crippen molar-refractivity contribution in [3.63, 3.8) is 0 Å². The molecule has 0 bridgehead atoms. The van der Waals surface area contributed by atoms with Crippen LogP contribution in [0.4, 0.5) is 4.39 Å². The average Bonchev–Trinajstić information content (AvgIpc) is 3.32. The van der Waals surface area contributed by atoms with Crippen molar-refractivity contribution in [2.45, 2.75) is 32.8 Å². The molecule has 0 aliphatic carbocycles. The fourth-order valence-corrected chi connectivity index (χ4v) is 2.90. The number of oxime groups is 1. The number of aromatic nitrogens is 2. The Bertz CT molecular complexity index is 1080. The summed E-state index contributed by atoms with van der Waals surface area (Å²) in [6.07, 6.45) is 0.108. The number of halogens is 1. The van der Waals surface area contributed by atoms with Crippen molar-refractivity contribution in [2.24, 2.45) is 5.16 Å². The van der Waals surface area contributed by atoms with Crippen LogP contribution < -0.4 is 4.74 Å². The minimum Gasteiger partial charge on any atom is -0.487 e. The standard InChI is InChI=1S/C24H26FN3O6/c1-3-13-33-28-20(23-27-26-22(34-23)17-7-9-18(25)10-8-17)15-32-19-11-5-16(6-12-19)14-21(24(29)30)31-4-2/h5-12,21H,3-4,13-15H2,1-2H3,(H,29,30). The molecule has 0 fully saturated rings. The Kier molecular flexibility index (Phi) is 9.10. The molecule has 0 saturated carbocycles. The first-order valence-electron chi connectivity index (χ1n) is 10.8. The maximum Gasteiger partial charge on any atom is 0.333 e. The van der Waals surface area contributed by atoms with Gasteiger partial charge in [-0.05, 0) is 55.3 Å². The Morgan fingerprint density at radius 1 is 1.12 bits per heavy atom. The molecule has 1 atom stereocenters. The van der Waals surface area contributed by atoms with Gasteiger partial charge in [0.25, 0.3) is 5.89 Å². The highest BCUT2D eigenvalue weighted by Crippen LogP contribution is 2.19. The normalized spacial score (nSPS) is 12.4. The van der Waals surface area contributed by atoms with E-state index >= 15 is 0 Å². The molecule has 1 aromatic heterocycles. The van der Waals surface area contributed by atoms with Gasteiger partial charge in [-0.3, -0.25) is 0 Å². The molecule has 3 rings (SSSR count). The summed E-state index contributed by atoms with van der Waals surface area (Å²) in [6, 6.07) is 12.7. The Balaban J connectivity index is 1.68. The van der Waals surface area contributed by atoms with Gasteiger partial charge in [0.1, 0.15) is 24.8 Å². The van der Waals surface area contributed by atoms with E-state index in [9.17, 15) is 14.3 Å². The summed E-state index contributed by atoms with van der Waals surface area (Å²) >= 11 is 0. The number of carboxylic acids is 1. The highest BCUT2D eigenvalue weighted by Gasteiger charge is 2.19. The third kappa shape index (κ3) is 7.11. The van der Waals surface area contributed by atoms with Gasteiger partial charge in [-0.1, -0.05) is 24.2 Å². The van der Waals surface area contributed by atoms with Gasteiger partial charge < -0.3 is 23.8 Å². The second-order valence-corrected chi connectivity index (χ2v) is 7.21. The Morgan fingerprint density at radius 3 is 2.50 bits per heavy atom. The minimum absolute atomic E-state index is 0.00912. The Hall–Kier alpha value is -3.79. The zero-order valence-electron chi connectivity index (χ0n) is 18.9. The van der Waals surface area contributed by atoms with Crippen molar-refractivity contribution < 1.29 is 33.0 Å². The van der Waals surface area contributed by atoms with Crippen LogP contribution in [0.1, 0.15) is 31.7 Å². The fraction of sp³-hybridized carbons (Fsp3) is 0.333. The lowest BCUT2D eigenvalue weighted by Gasteiger charge is -2.13.